The van der Waals surface area contributed by atoms with Crippen LogP contribution in [0.1, 0.15) is 95.6 Å². The molecule has 1 aliphatic heterocycles. The van der Waals surface area contributed by atoms with Crippen molar-refractivity contribution in [2.45, 2.75) is 121 Å². The second-order valence-electron chi connectivity index (χ2n) is 15.9. The molecule has 10 nitrogen and oxygen atoms in total. The molecule has 10 heteroatoms. The first-order valence-corrected chi connectivity index (χ1v) is 15.6. The molecule has 0 spiro atoms. The first-order valence-electron chi connectivity index (χ1n) is 15.6. The van der Waals surface area contributed by atoms with Crippen LogP contribution in [-0.2, 0) is 42.9 Å². The minimum atomic E-state index is -1.35. The zero-order valence-electron chi connectivity index (χ0n) is 29.8. The lowest BCUT2D eigenvalue weighted by Crippen LogP contribution is -2.63. The Bertz CT molecular complexity index is 1290. The summed E-state index contributed by atoms with van der Waals surface area (Å²) in [6.45, 7) is 21.8. The minimum Gasteiger partial charge on any atom is -0.462 e. The number of benzene rings is 1. The first kappa shape index (κ1) is 38.7. The van der Waals surface area contributed by atoms with Crippen LogP contribution >= 0.6 is 0 Å². The van der Waals surface area contributed by atoms with Crippen molar-refractivity contribution in [3.8, 4) is 0 Å². The Kier molecular flexibility index (Phi) is 12.5. The van der Waals surface area contributed by atoms with Crippen molar-refractivity contribution in [2.24, 2.45) is 26.7 Å². The highest BCUT2D eigenvalue weighted by atomic mass is 16.7. The van der Waals surface area contributed by atoms with Crippen molar-refractivity contribution in [1.29, 1.82) is 0 Å². The lowest BCUT2D eigenvalue weighted by molar-refractivity contribution is -0.258. The number of ether oxygens (including phenoxy) is 5. The van der Waals surface area contributed by atoms with Crippen LogP contribution in [0.2, 0.25) is 0 Å². The van der Waals surface area contributed by atoms with Gasteiger partial charge in [-0.1, -0.05) is 36.4 Å². The Hall–Kier alpha value is -3.53. The molecule has 1 heterocycles. The van der Waals surface area contributed by atoms with E-state index in [9.17, 15) is 19.2 Å². The summed E-state index contributed by atoms with van der Waals surface area (Å²) in [6, 6.07) is 9.63. The summed E-state index contributed by atoms with van der Waals surface area (Å²) in [5.74, 6) is -2.35. The Balaban J connectivity index is 2.72. The van der Waals surface area contributed by atoms with Crippen LogP contribution in [0.3, 0.4) is 0 Å². The Morgan fingerprint density at radius 3 is 1.57 bits per heavy atom. The summed E-state index contributed by atoms with van der Waals surface area (Å²) >= 11 is 0. The topological polar surface area (TPSA) is 127 Å². The summed E-state index contributed by atoms with van der Waals surface area (Å²) in [6.07, 6.45) is -2.83. The lowest BCUT2D eigenvalue weighted by Gasteiger charge is -2.45. The average molecular weight is 644 g/mol. The van der Waals surface area contributed by atoms with Crippen LogP contribution in [0.5, 0.6) is 0 Å². The van der Waals surface area contributed by atoms with Gasteiger partial charge < -0.3 is 23.7 Å². The maximum Gasteiger partial charge on any atom is 0.311 e. The van der Waals surface area contributed by atoms with Crippen LogP contribution in [0.25, 0.3) is 6.08 Å². The van der Waals surface area contributed by atoms with E-state index in [-0.39, 0.29) is 6.61 Å². The summed E-state index contributed by atoms with van der Waals surface area (Å²) in [5.41, 5.74) is -1.96. The standard InChI is InChI=1S/C36H53NO9/c1-22(19-23-17-15-14-16-18-23)20-37-28-27(46-32(41)36(11,12)13)26(45-31(40)35(8,9)10)25(44-30(39)34(5,6)7)24(43-28)21-42-29(38)33(2,3)4/h14-20,24-28H,21H2,1-13H3/b22-19+,37-20+/t24-,25-,26+,27-,28-/m1/s1. The summed E-state index contributed by atoms with van der Waals surface area (Å²) in [4.78, 5) is 57.4. The molecule has 0 amide bonds. The molecule has 46 heavy (non-hydrogen) atoms. The van der Waals surface area contributed by atoms with Gasteiger partial charge in [0.15, 0.2) is 24.5 Å². The van der Waals surface area contributed by atoms with Crippen LogP contribution in [-0.4, -0.2) is 67.3 Å². The molecular formula is C36H53NO9. The fourth-order valence-corrected chi connectivity index (χ4v) is 3.87. The van der Waals surface area contributed by atoms with Gasteiger partial charge >= 0.3 is 23.9 Å². The maximum atomic E-state index is 13.4. The number of aliphatic imine (C=N–C) groups is 1. The number of carbonyl (C=O) groups is 4. The molecule has 0 N–H and O–H groups in total. The van der Waals surface area contributed by atoms with Gasteiger partial charge in [0, 0.05) is 6.21 Å². The zero-order chi connectivity index (χ0) is 35.3. The molecule has 0 unspecified atom stereocenters. The van der Waals surface area contributed by atoms with Gasteiger partial charge in [0.1, 0.15) is 12.7 Å². The average Bonchev–Trinajstić information content (AvgIpc) is 2.91. The van der Waals surface area contributed by atoms with Crippen molar-refractivity contribution in [3.05, 3.63) is 41.5 Å². The maximum absolute atomic E-state index is 13.4. The van der Waals surface area contributed by atoms with Gasteiger partial charge in [0.25, 0.3) is 0 Å². The van der Waals surface area contributed by atoms with Gasteiger partial charge in [0.2, 0.25) is 0 Å². The van der Waals surface area contributed by atoms with E-state index in [0.717, 1.165) is 11.1 Å². The highest BCUT2D eigenvalue weighted by molar-refractivity contribution is 5.85. The van der Waals surface area contributed by atoms with Crippen molar-refractivity contribution < 1.29 is 42.9 Å². The monoisotopic (exact) mass is 643 g/mol. The Labute approximate surface area is 274 Å². The number of allylic oxidation sites excluding steroid dienone is 1. The third kappa shape index (κ3) is 11.4. The SMILES string of the molecule is CC(/C=N/[C@@H]1O[C@H](COC(=O)C(C)(C)C)[C@@H](OC(=O)C(C)(C)C)[C@H](OC(=O)C(C)(C)C)[C@H]1OC(=O)C(C)(C)C)=C\c1ccccc1. The quantitative estimate of drug-likeness (QED) is 0.181. The third-order valence-electron chi connectivity index (χ3n) is 6.79. The number of nitrogens with zero attached hydrogens (tertiary/aromatic N) is 1. The van der Waals surface area contributed by atoms with E-state index in [1.807, 2.05) is 43.3 Å². The summed E-state index contributed by atoms with van der Waals surface area (Å²) in [7, 11) is 0. The molecule has 5 atom stereocenters. The van der Waals surface area contributed by atoms with E-state index in [1.165, 1.54) is 0 Å². The smallest absolute Gasteiger partial charge is 0.311 e. The number of carbonyl (C=O) groups excluding carboxylic acids is 4. The molecule has 0 radical (unpaired) electrons. The van der Waals surface area contributed by atoms with E-state index >= 15 is 0 Å². The lowest BCUT2D eigenvalue weighted by atomic mass is 9.92. The molecule has 1 aromatic carbocycles. The second kappa shape index (κ2) is 14.9. The zero-order valence-corrected chi connectivity index (χ0v) is 29.8. The molecule has 1 aromatic rings. The van der Waals surface area contributed by atoms with Crippen molar-refractivity contribution in [1.82, 2.24) is 0 Å². The predicted molar refractivity (Wildman–Crippen MR) is 176 cm³/mol. The second-order valence-corrected chi connectivity index (χ2v) is 15.9. The van der Waals surface area contributed by atoms with E-state index in [2.05, 4.69) is 4.99 Å². The molecule has 256 valence electrons. The van der Waals surface area contributed by atoms with Crippen LogP contribution in [0, 0.1) is 21.7 Å². The van der Waals surface area contributed by atoms with Gasteiger partial charge in [0.05, 0.1) is 21.7 Å². The molecule has 0 saturated carbocycles. The van der Waals surface area contributed by atoms with E-state index in [0.29, 0.717) is 0 Å². The highest BCUT2D eigenvalue weighted by Gasteiger charge is 2.54. The fourth-order valence-electron chi connectivity index (χ4n) is 3.87. The predicted octanol–water partition coefficient (Wildman–Crippen LogP) is 6.35. The third-order valence-corrected chi connectivity index (χ3v) is 6.79. The molecule has 1 saturated heterocycles. The molecule has 0 aliphatic carbocycles. The molecule has 0 aromatic heterocycles. The van der Waals surface area contributed by atoms with Crippen molar-refractivity contribution in [3.63, 3.8) is 0 Å². The Morgan fingerprint density at radius 1 is 0.674 bits per heavy atom. The number of rotatable bonds is 8. The van der Waals surface area contributed by atoms with Gasteiger partial charge in [-0.15, -0.1) is 0 Å². The normalized spacial score (nSPS) is 23.1. The number of hydrogen-bond acceptors (Lipinski definition) is 10. The molecule has 1 fully saturated rings. The van der Waals surface area contributed by atoms with Crippen molar-refractivity contribution in [2.75, 3.05) is 6.61 Å². The molecule has 1 aliphatic rings. The number of hydrogen-bond donors (Lipinski definition) is 0. The largest absolute Gasteiger partial charge is 0.462 e. The van der Waals surface area contributed by atoms with Gasteiger partial charge in [-0.25, -0.2) is 0 Å². The fraction of sp³-hybridized carbons (Fsp3) is 0.639. The van der Waals surface area contributed by atoms with Gasteiger partial charge in [-0.05, 0) is 101 Å². The van der Waals surface area contributed by atoms with E-state index < -0.39 is 76.2 Å². The van der Waals surface area contributed by atoms with Crippen molar-refractivity contribution >= 4 is 36.2 Å². The van der Waals surface area contributed by atoms with E-state index in [1.54, 1.807) is 89.3 Å². The molecular weight excluding hydrogens is 590 g/mol. The first-order chi connectivity index (χ1) is 20.9. The highest BCUT2D eigenvalue weighted by Crippen LogP contribution is 2.34. The van der Waals surface area contributed by atoms with Gasteiger partial charge in [-0.2, -0.15) is 0 Å². The molecule has 0 bridgehead atoms. The van der Waals surface area contributed by atoms with Crippen LogP contribution in [0.4, 0.5) is 0 Å². The van der Waals surface area contributed by atoms with Gasteiger partial charge in [-0.3, -0.25) is 24.2 Å². The summed E-state index contributed by atoms with van der Waals surface area (Å²) in [5, 5.41) is 0. The van der Waals surface area contributed by atoms with E-state index in [4.69, 9.17) is 23.7 Å². The van der Waals surface area contributed by atoms with Crippen LogP contribution in [0.15, 0.2) is 40.9 Å². The minimum absolute atomic E-state index is 0.341. The Morgan fingerprint density at radius 2 is 1.11 bits per heavy atom. The number of esters is 4. The van der Waals surface area contributed by atoms with Crippen LogP contribution < -0.4 is 0 Å². The summed E-state index contributed by atoms with van der Waals surface area (Å²) < 4.78 is 30.0. The molecule has 2 rings (SSSR count).